The second-order valence-electron chi connectivity index (χ2n) is 4.30. The van der Waals surface area contributed by atoms with E-state index in [-0.39, 0.29) is 6.54 Å². The van der Waals surface area contributed by atoms with E-state index in [4.69, 9.17) is 5.73 Å². The summed E-state index contributed by atoms with van der Waals surface area (Å²) in [6, 6.07) is 9.70. The first-order valence-electron chi connectivity index (χ1n) is 5.97. The summed E-state index contributed by atoms with van der Waals surface area (Å²) in [6.07, 6.45) is 0.598. The van der Waals surface area contributed by atoms with Gasteiger partial charge in [-0.05, 0) is 18.4 Å². The fourth-order valence-corrected chi connectivity index (χ4v) is 1.60. The van der Waals surface area contributed by atoms with Gasteiger partial charge in [0.2, 0.25) is 5.91 Å². The predicted molar refractivity (Wildman–Crippen MR) is 68.8 cm³/mol. The minimum absolute atomic E-state index is 0.287. The van der Waals surface area contributed by atoms with E-state index in [1.165, 1.54) is 0 Å². The number of rotatable bonds is 7. The van der Waals surface area contributed by atoms with Crippen molar-refractivity contribution in [1.29, 1.82) is 0 Å². The summed E-state index contributed by atoms with van der Waals surface area (Å²) in [5.74, 6) is -4.71. The van der Waals surface area contributed by atoms with Crippen molar-refractivity contribution in [3.05, 3.63) is 35.9 Å². The molecular weight excluding hydrogens is 248 g/mol. The zero-order chi connectivity index (χ0) is 14.3. The molecule has 1 rings (SSSR count). The molecule has 0 saturated heterocycles. The third-order valence-electron chi connectivity index (χ3n) is 2.55. The highest BCUT2D eigenvalue weighted by molar-refractivity contribution is 5.88. The van der Waals surface area contributed by atoms with E-state index in [1.807, 2.05) is 30.3 Å². The molecule has 19 heavy (non-hydrogen) atoms. The van der Waals surface area contributed by atoms with Crippen molar-refractivity contribution in [3.63, 3.8) is 0 Å². The number of primary amides is 1. The first kappa shape index (κ1) is 15.1. The van der Waals surface area contributed by atoms with Crippen LogP contribution < -0.4 is 11.1 Å². The Morgan fingerprint density at radius 1 is 1.21 bits per heavy atom. The van der Waals surface area contributed by atoms with E-state index in [2.05, 4.69) is 5.32 Å². The van der Waals surface area contributed by atoms with E-state index in [0.29, 0.717) is 6.42 Å². The molecule has 0 saturated carbocycles. The maximum absolute atomic E-state index is 11.4. The molecule has 5 N–H and O–H groups in total. The Bertz CT molecular complexity index is 432. The molecule has 2 amide bonds. The number of carbonyl (C=O) groups is 2. The zero-order valence-electron chi connectivity index (χ0n) is 10.5. The maximum atomic E-state index is 11.4. The van der Waals surface area contributed by atoms with Gasteiger partial charge in [-0.15, -0.1) is 0 Å². The van der Waals surface area contributed by atoms with E-state index in [0.717, 1.165) is 12.0 Å². The van der Waals surface area contributed by atoms with E-state index >= 15 is 0 Å². The lowest BCUT2D eigenvalue weighted by molar-refractivity contribution is -0.188. The molecule has 6 heteroatoms. The number of benzene rings is 1. The first-order valence-corrected chi connectivity index (χ1v) is 5.97. The van der Waals surface area contributed by atoms with Gasteiger partial charge in [-0.3, -0.25) is 9.59 Å². The minimum atomic E-state index is -2.74. The summed E-state index contributed by atoms with van der Waals surface area (Å²) in [5.41, 5.74) is 5.94. The monoisotopic (exact) mass is 266 g/mol. The molecule has 0 radical (unpaired) electrons. The van der Waals surface area contributed by atoms with Gasteiger partial charge in [0.05, 0.1) is 6.42 Å². The van der Waals surface area contributed by atoms with Crippen LogP contribution in [0, 0.1) is 0 Å². The SMILES string of the molecule is NC(=O)CC(O)(O)C(=O)NCCCc1ccccc1. The lowest BCUT2D eigenvalue weighted by Crippen LogP contribution is -2.49. The van der Waals surface area contributed by atoms with Crippen LogP contribution in [0.3, 0.4) is 0 Å². The van der Waals surface area contributed by atoms with Crippen molar-refractivity contribution in [2.75, 3.05) is 6.54 Å². The molecule has 1 aromatic rings. The predicted octanol–water partition coefficient (Wildman–Crippen LogP) is -0.708. The van der Waals surface area contributed by atoms with Gasteiger partial charge < -0.3 is 21.3 Å². The quantitative estimate of drug-likeness (QED) is 0.386. The zero-order valence-corrected chi connectivity index (χ0v) is 10.5. The molecule has 0 aromatic heterocycles. The number of carbonyl (C=O) groups excluding carboxylic acids is 2. The molecule has 0 aliphatic heterocycles. The molecule has 0 bridgehead atoms. The second kappa shape index (κ2) is 6.86. The van der Waals surface area contributed by atoms with E-state index < -0.39 is 24.0 Å². The maximum Gasteiger partial charge on any atom is 0.280 e. The van der Waals surface area contributed by atoms with Crippen molar-refractivity contribution >= 4 is 11.8 Å². The summed E-state index contributed by atoms with van der Waals surface area (Å²) in [4.78, 5) is 21.9. The van der Waals surface area contributed by atoms with Crippen LogP contribution in [0.2, 0.25) is 0 Å². The molecule has 0 aliphatic rings. The third-order valence-corrected chi connectivity index (χ3v) is 2.55. The summed E-state index contributed by atoms with van der Waals surface area (Å²) < 4.78 is 0. The molecule has 0 unspecified atom stereocenters. The van der Waals surface area contributed by atoms with Crippen LogP contribution in [0.1, 0.15) is 18.4 Å². The number of hydrogen-bond donors (Lipinski definition) is 4. The van der Waals surface area contributed by atoms with Crippen LogP contribution in [0.5, 0.6) is 0 Å². The number of nitrogens with one attached hydrogen (secondary N) is 1. The largest absolute Gasteiger partial charge is 0.369 e. The average molecular weight is 266 g/mol. The lowest BCUT2D eigenvalue weighted by atomic mass is 10.1. The number of nitrogens with two attached hydrogens (primary N) is 1. The van der Waals surface area contributed by atoms with E-state index in [9.17, 15) is 19.8 Å². The van der Waals surface area contributed by atoms with Crippen LogP contribution in [-0.4, -0.2) is 34.4 Å². The Hall–Kier alpha value is -1.92. The Balaban J connectivity index is 2.29. The van der Waals surface area contributed by atoms with Crippen LogP contribution in [0.4, 0.5) is 0 Å². The Morgan fingerprint density at radius 3 is 2.42 bits per heavy atom. The summed E-state index contributed by atoms with van der Waals surface area (Å²) in [6.45, 7) is 0.287. The molecule has 0 aliphatic carbocycles. The summed E-state index contributed by atoms with van der Waals surface area (Å²) >= 11 is 0. The Morgan fingerprint density at radius 2 is 1.84 bits per heavy atom. The number of aliphatic hydroxyl groups is 2. The van der Waals surface area contributed by atoms with Gasteiger partial charge in [0.1, 0.15) is 0 Å². The topological polar surface area (TPSA) is 113 Å². The Kier molecular flexibility index (Phi) is 5.47. The number of amides is 2. The van der Waals surface area contributed by atoms with Gasteiger partial charge in [-0.2, -0.15) is 0 Å². The molecule has 6 nitrogen and oxygen atoms in total. The lowest BCUT2D eigenvalue weighted by Gasteiger charge is -2.18. The van der Waals surface area contributed by atoms with Crippen LogP contribution >= 0.6 is 0 Å². The fourth-order valence-electron chi connectivity index (χ4n) is 1.60. The van der Waals surface area contributed by atoms with Crippen LogP contribution in [-0.2, 0) is 16.0 Å². The van der Waals surface area contributed by atoms with Crippen molar-refractivity contribution in [3.8, 4) is 0 Å². The van der Waals surface area contributed by atoms with Gasteiger partial charge in [0.25, 0.3) is 11.7 Å². The van der Waals surface area contributed by atoms with Gasteiger partial charge in [-0.1, -0.05) is 30.3 Å². The first-order chi connectivity index (χ1) is 8.92. The molecule has 0 spiro atoms. The smallest absolute Gasteiger partial charge is 0.280 e. The summed E-state index contributed by atoms with van der Waals surface area (Å²) in [5, 5.41) is 21.0. The van der Waals surface area contributed by atoms with Crippen LogP contribution in [0.25, 0.3) is 0 Å². The second-order valence-corrected chi connectivity index (χ2v) is 4.30. The van der Waals surface area contributed by atoms with Crippen molar-refractivity contribution in [2.45, 2.75) is 25.0 Å². The van der Waals surface area contributed by atoms with Gasteiger partial charge in [0.15, 0.2) is 0 Å². The van der Waals surface area contributed by atoms with Crippen molar-refractivity contribution in [2.24, 2.45) is 5.73 Å². The molecule has 104 valence electrons. The normalized spacial score (nSPS) is 11.1. The molecule has 0 heterocycles. The molecule has 0 atom stereocenters. The van der Waals surface area contributed by atoms with Crippen LogP contribution in [0.15, 0.2) is 30.3 Å². The highest BCUT2D eigenvalue weighted by Gasteiger charge is 2.34. The third kappa shape index (κ3) is 5.50. The highest BCUT2D eigenvalue weighted by Crippen LogP contribution is 2.06. The number of aryl methyl sites for hydroxylation is 1. The van der Waals surface area contributed by atoms with Gasteiger partial charge in [-0.25, -0.2) is 0 Å². The van der Waals surface area contributed by atoms with Gasteiger partial charge >= 0.3 is 0 Å². The Labute approximate surface area is 111 Å². The van der Waals surface area contributed by atoms with E-state index in [1.54, 1.807) is 0 Å². The van der Waals surface area contributed by atoms with Crippen molar-refractivity contribution < 1.29 is 19.8 Å². The standard InChI is InChI=1S/C13H18N2O4/c14-11(16)9-13(18,19)12(17)15-8-4-7-10-5-2-1-3-6-10/h1-3,5-6,18-19H,4,7-9H2,(H2,14,16)(H,15,17). The highest BCUT2D eigenvalue weighted by atomic mass is 16.5. The minimum Gasteiger partial charge on any atom is -0.369 e. The van der Waals surface area contributed by atoms with Crippen molar-refractivity contribution in [1.82, 2.24) is 5.32 Å². The van der Waals surface area contributed by atoms with Gasteiger partial charge in [0, 0.05) is 6.54 Å². The average Bonchev–Trinajstić information content (AvgIpc) is 2.34. The fraction of sp³-hybridized carbons (Fsp3) is 0.385. The molecule has 0 fully saturated rings. The number of hydrogen-bond acceptors (Lipinski definition) is 4. The summed E-state index contributed by atoms with van der Waals surface area (Å²) in [7, 11) is 0. The molecular formula is C13H18N2O4. The molecule has 1 aromatic carbocycles.